The van der Waals surface area contributed by atoms with Crippen LogP contribution in [-0.2, 0) is 0 Å². The maximum atomic E-state index is 4.36. The third kappa shape index (κ3) is 1.78. The van der Waals surface area contributed by atoms with Crippen molar-refractivity contribution in [3.8, 4) is 0 Å². The molecular weight excluding hydrogens is 212 g/mol. The van der Waals surface area contributed by atoms with Crippen molar-refractivity contribution in [2.45, 2.75) is 6.92 Å². The lowest BCUT2D eigenvalue weighted by Gasteiger charge is -2.34. The van der Waals surface area contributed by atoms with Crippen LogP contribution in [0, 0.1) is 6.92 Å². The minimum absolute atomic E-state index is 1.08. The lowest BCUT2D eigenvalue weighted by atomic mass is 10.3. The number of rotatable bonds is 1. The first-order chi connectivity index (χ1) is 8.25. The SMILES string of the molecule is Cc1ccn2c(N3CCN(C)CC3)cncc12. The minimum atomic E-state index is 1.08. The van der Waals surface area contributed by atoms with Gasteiger partial charge in [-0.05, 0) is 25.6 Å². The molecule has 0 amide bonds. The van der Waals surface area contributed by atoms with E-state index in [1.807, 2.05) is 12.4 Å². The van der Waals surface area contributed by atoms with Crippen LogP contribution in [0.25, 0.3) is 5.52 Å². The molecule has 0 bridgehead atoms. The summed E-state index contributed by atoms with van der Waals surface area (Å²) >= 11 is 0. The Kier molecular flexibility index (Phi) is 2.52. The quantitative estimate of drug-likeness (QED) is 0.740. The van der Waals surface area contributed by atoms with E-state index >= 15 is 0 Å². The summed E-state index contributed by atoms with van der Waals surface area (Å²) in [4.78, 5) is 9.15. The van der Waals surface area contributed by atoms with Gasteiger partial charge in [0.15, 0.2) is 0 Å². The summed E-state index contributed by atoms with van der Waals surface area (Å²) in [6.45, 7) is 6.53. The molecule has 4 heteroatoms. The molecule has 1 aliphatic heterocycles. The molecule has 1 fully saturated rings. The summed E-state index contributed by atoms with van der Waals surface area (Å²) in [5.41, 5.74) is 2.50. The molecular formula is C13H18N4. The molecule has 90 valence electrons. The van der Waals surface area contributed by atoms with Gasteiger partial charge in [-0.15, -0.1) is 0 Å². The van der Waals surface area contributed by atoms with Crippen molar-refractivity contribution in [3.05, 3.63) is 30.2 Å². The predicted octanol–water partition coefficient (Wildman–Crippen LogP) is 1.39. The van der Waals surface area contributed by atoms with Gasteiger partial charge in [-0.25, -0.2) is 0 Å². The summed E-state index contributed by atoms with van der Waals surface area (Å²) in [7, 11) is 2.18. The zero-order chi connectivity index (χ0) is 11.8. The first-order valence-corrected chi connectivity index (χ1v) is 6.11. The van der Waals surface area contributed by atoms with Crippen LogP contribution in [0.2, 0.25) is 0 Å². The van der Waals surface area contributed by atoms with E-state index in [1.54, 1.807) is 0 Å². The summed E-state index contributed by atoms with van der Waals surface area (Å²) in [5.74, 6) is 1.21. The molecule has 0 N–H and O–H groups in total. The molecule has 17 heavy (non-hydrogen) atoms. The first-order valence-electron chi connectivity index (χ1n) is 6.11. The van der Waals surface area contributed by atoms with Crippen LogP contribution in [0.15, 0.2) is 24.7 Å². The number of aromatic nitrogens is 2. The topological polar surface area (TPSA) is 23.8 Å². The minimum Gasteiger partial charge on any atom is -0.354 e. The van der Waals surface area contributed by atoms with Gasteiger partial charge in [0.05, 0.1) is 17.9 Å². The number of likely N-dealkylation sites (N-methyl/N-ethyl adjacent to an activating group) is 1. The monoisotopic (exact) mass is 230 g/mol. The van der Waals surface area contributed by atoms with Crippen LogP contribution in [0.4, 0.5) is 5.82 Å². The number of hydrogen-bond donors (Lipinski definition) is 0. The van der Waals surface area contributed by atoms with Crippen LogP contribution in [0.3, 0.4) is 0 Å². The molecule has 4 nitrogen and oxygen atoms in total. The largest absolute Gasteiger partial charge is 0.354 e. The number of anilines is 1. The van der Waals surface area contributed by atoms with Gasteiger partial charge in [0, 0.05) is 32.4 Å². The smallest absolute Gasteiger partial charge is 0.132 e. The molecule has 1 aliphatic rings. The molecule has 0 unspecified atom stereocenters. The average Bonchev–Trinajstić information content (AvgIpc) is 2.73. The Morgan fingerprint density at radius 1 is 1.12 bits per heavy atom. The van der Waals surface area contributed by atoms with Gasteiger partial charge >= 0.3 is 0 Å². The highest BCUT2D eigenvalue weighted by Crippen LogP contribution is 2.20. The van der Waals surface area contributed by atoms with Crippen molar-refractivity contribution in [2.75, 3.05) is 38.1 Å². The highest BCUT2D eigenvalue weighted by Gasteiger charge is 2.16. The Labute approximate surface area is 101 Å². The fourth-order valence-electron chi connectivity index (χ4n) is 2.41. The molecule has 0 atom stereocenters. The number of piperazine rings is 1. The van der Waals surface area contributed by atoms with Crippen molar-refractivity contribution in [1.82, 2.24) is 14.3 Å². The molecule has 0 aromatic carbocycles. The molecule has 2 aromatic rings. The number of aryl methyl sites for hydroxylation is 1. The van der Waals surface area contributed by atoms with Crippen molar-refractivity contribution < 1.29 is 0 Å². The van der Waals surface area contributed by atoms with E-state index in [4.69, 9.17) is 0 Å². The number of hydrogen-bond acceptors (Lipinski definition) is 3. The fraction of sp³-hybridized carbons (Fsp3) is 0.462. The maximum absolute atomic E-state index is 4.36. The molecule has 0 saturated carbocycles. The molecule has 0 radical (unpaired) electrons. The lowest BCUT2D eigenvalue weighted by Crippen LogP contribution is -2.45. The Hall–Kier alpha value is -1.55. The van der Waals surface area contributed by atoms with Crippen LogP contribution in [0.5, 0.6) is 0 Å². The number of nitrogens with zero attached hydrogens (tertiary/aromatic N) is 4. The van der Waals surface area contributed by atoms with E-state index < -0.39 is 0 Å². The van der Waals surface area contributed by atoms with E-state index in [1.165, 1.54) is 16.9 Å². The predicted molar refractivity (Wildman–Crippen MR) is 69.6 cm³/mol. The van der Waals surface area contributed by atoms with Crippen LogP contribution >= 0.6 is 0 Å². The second kappa shape index (κ2) is 4.04. The summed E-state index contributed by atoms with van der Waals surface area (Å²) in [6, 6.07) is 2.15. The zero-order valence-electron chi connectivity index (χ0n) is 10.4. The fourth-order valence-corrected chi connectivity index (χ4v) is 2.41. The van der Waals surface area contributed by atoms with Crippen molar-refractivity contribution >= 4 is 11.3 Å². The lowest BCUT2D eigenvalue weighted by molar-refractivity contribution is 0.311. The van der Waals surface area contributed by atoms with E-state index in [-0.39, 0.29) is 0 Å². The van der Waals surface area contributed by atoms with Crippen molar-refractivity contribution in [3.63, 3.8) is 0 Å². The number of fused-ring (bicyclic) bond motifs is 1. The van der Waals surface area contributed by atoms with Crippen molar-refractivity contribution in [1.29, 1.82) is 0 Å². The molecule has 1 saturated heterocycles. The van der Waals surface area contributed by atoms with Crippen LogP contribution in [-0.4, -0.2) is 47.5 Å². The summed E-state index contributed by atoms with van der Waals surface area (Å²) < 4.78 is 2.24. The Balaban J connectivity index is 2.00. The van der Waals surface area contributed by atoms with Gasteiger partial charge in [-0.2, -0.15) is 0 Å². The molecule has 3 rings (SSSR count). The van der Waals surface area contributed by atoms with Gasteiger partial charge in [0.2, 0.25) is 0 Å². The normalized spacial score (nSPS) is 17.9. The summed E-state index contributed by atoms with van der Waals surface area (Å²) in [5, 5.41) is 0. The van der Waals surface area contributed by atoms with Gasteiger partial charge in [-0.1, -0.05) is 0 Å². The average molecular weight is 230 g/mol. The third-order valence-corrected chi connectivity index (χ3v) is 3.60. The summed E-state index contributed by atoms with van der Waals surface area (Å²) in [6.07, 6.45) is 6.05. The van der Waals surface area contributed by atoms with Crippen LogP contribution in [0.1, 0.15) is 5.56 Å². The van der Waals surface area contributed by atoms with E-state index in [0.29, 0.717) is 0 Å². The molecule has 0 aliphatic carbocycles. The molecule has 3 heterocycles. The Morgan fingerprint density at radius 3 is 2.65 bits per heavy atom. The zero-order valence-corrected chi connectivity index (χ0v) is 10.4. The van der Waals surface area contributed by atoms with E-state index in [9.17, 15) is 0 Å². The van der Waals surface area contributed by atoms with Crippen LogP contribution < -0.4 is 4.90 Å². The van der Waals surface area contributed by atoms with Gasteiger partial charge in [-0.3, -0.25) is 4.98 Å². The highest BCUT2D eigenvalue weighted by molar-refractivity contribution is 5.59. The Bertz CT molecular complexity index is 523. The molecule has 2 aromatic heterocycles. The van der Waals surface area contributed by atoms with E-state index in [2.05, 4.69) is 45.4 Å². The van der Waals surface area contributed by atoms with Gasteiger partial charge < -0.3 is 14.2 Å². The third-order valence-electron chi connectivity index (χ3n) is 3.60. The van der Waals surface area contributed by atoms with Crippen molar-refractivity contribution in [2.24, 2.45) is 0 Å². The van der Waals surface area contributed by atoms with Gasteiger partial charge in [0.1, 0.15) is 5.82 Å². The van der Waals surface area contributed by atoms with Gasteiger partial charge in [0.25, 0.3) is 0 Å². The second-order valence-corrected chi connectivity index (χ2v) is 4.81. The van der Waals surface area contributed by atoms with E-state index in [0.717, 1.165) is 26.2 Å². The first kappa shape index (κ1) is 10.6. The second-order valence-electron chi connectivity index (χ2n) is 4.81. The Morgan fingerprint density at radius 2 is 1.88 bits per heavy atom. The highest BCUT2D eigenvalue weighted by atomic mass is 15.3. The maximum Gasteiger partial charge on any atom is 0.132 e. The standard InChI is InChI=1S/C13H18N4/c1-11-3-4-17-12(11)9-14-10-13(17)16-7-5-15(2)6-8-16/h3-4,9-10H,5-8H2,1-2H3. The molecule has 0 spiro atoms.